The molecular formula is C22H32N2O5. The molecule has 1 aliphatic carbocycles. The van der Waals surface area contributed by atoms with Crippen molar-refractivity contribution in [2.24, 2.45) is 16.7 Å². The van der Waals surface area contributed by atoms with Gasteiger partial charge in [-0.25, -0.2) is 0 Å². The molecule has 2 amide bonds. The van der Waals surface area contributed by atoms with E-state index in [0.29, 0.717) is 29.3 Å². The Bertz CT molecular complexity index is 804. The number of aliphatic hydroxyl groups is 1. The van der Waals surface area contributed by atoms with Crippen molar-refractivity contribution in [1.82, 2.24) is 4.90 Å². The van der Waals surface area contributed by atoms with E-state index in [1.165, 1.54) is 14.2 Å². The van der Waals surface area contributed by atoms with Crippen molar-refractivity contribution in [2.75, 3.05) is 32.7 Å². The minimum atomic E-state index is -0.190. The number of carbonyl (C=O) groups excluding carboxylic acids is 2. The third-order valence-electron chi connectivity index (χ3n) is 7.12. The van der Waals surface area contributed by atoms with Crippen molar-refractivity contribution in [3.8, 4) is 11.5 Å². The number of hydrogen-bond acceptors (Lipinski definition) is 5. The highest BCUT2D eigenvalue weighted by Crippen LogP contribution is 2.68. The first-order valence-corrected chi connectivity index (χ1v) is 10.1. The molecule has 160 valence electrons. The molecule has 2 aliphatic rings. The van der Waals surface area contributed by atoms with Crippen molar-refractivity contribution in [3.05, 3.63) is 17.7 Å². The maximum Gasteiger partial charge on any atom is 0.254 e. The number of hydrogen-bond donors (Lipinski definition) is 2. The summed E-state index contributed by atoms with van der Waals surface area (Å²) in [4.78, 5) is 27.7. The first kappa shape index (κ1) is 21.4. The second-order valence-corrected chi connectivity index (χ2v) is 9.10. The molecule has 0 bridgehead atoms. The summed E-state index contributed by atoms with van der Waals surface area (Å²) >= 11 is 0. The monoisotopic (exact) mass is 404 g/mol. The number of benzene rings is 1. The molecule has 2 N–H and O–H groups in total. The summed E-state index contributed by atoms with van der Waals surface area (Å²) < 4.78 is 10.9. The van der Waals surface area contributed by atoms with Gasteiger partial charge in [0.25, 0.3) is 5.91 Å². The van der Waals surface area contributed by atoms with Gasteiger partial charge in [0.2, 0.25) is 5.91 Å². The Balaban J connectivity index is 1.93. The lowest BCUT2D eigenvalue weighted by Gasteiger charge is -2.24. The third kappa shape index (κ3) is 3.45. The Morgan fingerprint density at radius 1 is 1.17 bits per heavy atom. The molecule has 7 nitrogen and oxygen atoms in total. The zero-order chi connectivity index (χ0) is 21.6. The Labute approximate surface area is 172 Å². The zero-order valence-electron chi connectivity index (χ0n) is 18.2. The van der Waals surface area contributed by atoms with Gasteiger partial charge in [0.15, 0.2) is 11.5 Å². The second kappa shape index (κ2) is 7.52. The molecule has 0 unspecified atom stereocenters. The minimum absolute atomic E-state index is 0.0610. The fraction of sp³-hybridized carbons (Fsp3) is 0.636. The highest BCUT2D eigenvalue weighted by Gasteiger charge is 2.68. The number of carbonyl (C=O) groups is 2. The second-order valence-electron chi connectivity index (χ2n) is 9.10. The standard InChI is InChI=1S/C22H32N2O5/c1-21(2)18(22(21,3)4)19(26)23-15-10-13(11-16(28-5)17(15)29-6)20(27)24-9-7-8-14(24)12-25/h10-11,14,18,25H,7-9,12H2,1-6H3,(H,23,26)/t14-/m0/s1. The highest BCUT2D eigenvalue weighted by molar-refractivity contribution is 6.01. The predicted molar refractivity (Wildman–Crippen MR) is 110 cm³/mol. The average Bonchev–Trinajstić information content (AvgIpc) is 3.00. The van der Waals surface area contributed by atoms with Crippen molar-refractivity contribution in [2.45, 2.75) is 46.6 Å². The first-order valence-electron chi connectivity index (χ1n) is 10.1. The molecule has 29 heavy (non-hydrogen) atoms. The number of nitrogens with one attached hydrogen (secondary N) is 1. The molecule has 1 saturated carbocycles. The highest BCUT2D eigenvalue weighted by atomic mass is 16.5. The molecule has 0 aromatic heterocycles. The lowest BCUT2D eigenvalue weighted by molar-refractivity contribution is -0.118. The van der Waals surface area contributed by atoms with Crippen molar-refractivity contribution >= 4 is 17.5 Å². The van der Waals surface area contributed by atoms with Crippen LogP contribution in [0.2, 0.25) is 0 Å². The van der Waals surface area contributed by atoms with Gasteiger partial charge in [-0.3, -0.25) is 9.59 Å². The Kier molecular flexibility index (Phi) is 5.56. The van der Waals surface area contributed by atoms with Gasteiger partial charge in [0, 0.05) is 18.0 Å². The summed E-state index contributed by atoms with van der Waals surface area (Å²) in [5.74, 6) is 0.336. The van der Waals surface area contributed by atoms with Crippen LogP contribution in [0.15, 0.2) is 12.1 Å². The van der Waals surface area contributed by atoms with Gasteiger partial charge in [-0.1, -0.05) is 27.7 Å². The molecule has 0 spiro atoms. The number of anilines is 1. The largest absolute Gasteiger partial charge is 0.493 e. The van der Waals surface area contributed by atoms with Gasteiger partial charge in [-0.15, -0.1) is 0 Å². The number of methoxy groups -OCH3 is 2. The topological polar surface area (TPSA) is 88.1 Å². The molecular weight excluding hydrogens is 372 g/mol. The van der Waals surface area contributed by atoms with Crippen molar-refractivity contribution < 1.29 is 24.2 Å². The maximum atomic E-state index is 13.1. The lowest BCUT2D eigenvalue weighted by Crippen LogP contribution is -2.37. The Hall–Kier alpha value is -2.28. The van der Waals surface area contributed by atoms with Crippen molar-refractivity contribution in [1.29, 1.82) is 0 Å². The van der Waals surface area contributed by atoms with Gasteiger partial charge in [0.1, 0.15) is 0 Å². The van der Waals surface area contributed by atoms with Crippen LogP contribution < -0.4 is 14.8 Å². The number of likely N-dealkylation sites (tertiary alicyclic amines) is 1. The number of amides is 2. The minimum Gasteiger partial charge on any atom is -0.493 e. The van der Waals surface area contributed by atoms with Crippen LogP contribution in [0.3, 0.4) is 0 Å². The molecule has 1 saturated heterocycles. The SMILES string of the molecule is COc1cc(C(=O)N2CCC[C@H]2CO)cc(NC(=O)C2C(C)(C)C2(C)C)c1OC. The number of nitrogens with zero attached hydrogens (tertiary/aromatic N) is 1. The molecule has 1 atom stereocenters. The number of rotatable bonds is 6. The lowest BCUT2D eigenvalue weighted by atomic mass is 10.0. The van der Waals surface area contributed by atoms with Crippen LogP contribution in [-0.4, -0.2) is 55.2 Å². The summed E-state index contributed by atoms with van der Waals surface area (Å²) in [6.45, 7) is 8.86. The van der Waals surface area contributed by atoms with Crippen LogP contribution >= 0.6 is 0 Å². The van der Waals surface area contributed by atoms with Gasteiger partial charge in [-0.2, -0.15) is 0 Å². The first-order chi connectivity index (χ1) is 13.6. The van der Waals surface area contributed by atoms with Crippen LogP contribution in [0.1, 0.15) is 50.9 Å². The summed E-state index contributed by atoms with van der Waals surface area (Å²) in [6.07, 6.45) is 1.64. The Morgan fingerprint density at radius 2 is 1.83 bits per heavy atom. The van der Waals surface area contributed by atoms with E-state index in [1.807, 2.05) is 0 Å². The maximum absolute atomic E-state index is 13.1. The summed E-state index contributed by atoms with van der Waals surface area (Å²) in [7, 11) is 3.00. The van der Waals surface area contributed by atoms with Crippen LogP contribution in [0.25, 0.3) is 0 Å². The Morgan fingerprint density at radius 3 is 2.34 bits per heavy atom. The fourth-order valence-electron chi connectivity index (χ4n) is 4.70. The van der Waals surface area contributed by atoms with E-state index in [2.05, 4.69) is 33.0 Å². The van der Waals surface area contributed by atoms with E-state index in [0.717, 1.165) is 12.8 Å². The van der Waals surface area contributed by atoms with E-state index in [4.69, 9.17) is 9.47 Å². The van der Waals surface area contributed by atoms with Crippen LogP contribution in [-0.2, 0) is 4.79 Å². The molecule has 1 aliphatic heterocycles. The smallest absolute Gasteiger partial charge is 0.254 e. The summed E-state index contributed by atoms with van der Waals surface area (Å²) in [5, 5.41) is 12.5. The van der Waals surface area contributed by atoms with E-state index < -0.39 is 0 Å². The van der Waals surface area contributed by atoms with E-state index >= 15 is 0 Å². The van der Waals surface area contributed by atoms with Crippen molar-refractivity contribution in [3.63, 3.8) is 0 Å². The summed E-state index contributed by atoms with van der Waals surface area (Å²) in [5.41, 5.74) is 0.600. The summed E-state index contributed by atoms with van der Waals surface area (Å²) in [6, 6.07) is 3.08. The molecule has 1 heterocycles. The van der Waals surface area contributed by atoms with Crippen LogP contribution in [0.5, 0.6) is 11.5 Å². The van der Waals surface area contributed by atoms with Gasteiger partial charge in [0.05, 0.1) is 32.6 Å². The van der Waals surface area contributed by atoms with E-state index in [1.54, 1.807) is 17.0 Å². The van der Waals surface area contributed by atoms with Crippen LogP contribution in [0, 0.1) is 16.7 Å². The molecule has 3 rings (SSSR count). The number of aliphatic hydroxyl groups excluding tert-OH is 1. The van der Waals surface area contributed by atoms with E-state index in [9.17, 15) is 14.7 Å². The molecule has 0 radical (unpaired) electrons. The molecule has 2 fully saturated rings. The normalized spacial score (nSPS) is 22.3. The van der Waals surface area contributed by atoms with Crippen LogP contribution in [0.4, 0.5) is 5.69 Å². The van der Waals surface area contributed by atoms with Gasteiger partial charge in [-0.05, 0) is 35.8 Å². The zero-order valence-corrected chi connectivity index (χ0v) is 18.2. The molecule has 7 heteroatoms. The van der Waals surface area contributed by atoms with E-state index in [-0.39, 0.29) is 41.2 Å². The predicted octanol–water partition coefficient (Wildman–Crippen LogP) is 2.92. The fourth-order valence-corrected chi connectivity index (χ4v) is 4.70. The van der Waals surface area contributed by atoms with Gasteiger partial charge >= 0.3 is 0 Å². The number of ether oxygens (including phenoxy) is 2. The quantitative estimate of drug-likeness (QED) is 0.761. The third-order valence-corrected chi connectivity index (χ3v) is 7.12. The molecule has 1 aromatic carbocycles. The van der Waals surface area contributed by atoms with Gasteiger partial charge < -0.3 is 24.8 Å². The molecule has 1 aromatic rings. The average molecular weight is 405 g/mol.